The SMILES string of the molecule is Cc1ccc(CNC(=O)Cc2c(C)c3cc4c(C(C)(C)C)coc4cc3oc2=O)cc1. The second-order valence-corrected chi connectivity index (χ2v) is 9.18. The molecule has 0 bridgehead atoms. The summed E-state index contributed by atoms with van der Waals surface area (Å²) >= 11 is 0. The molecule has 4 rings (SSSR count). The van der Waals surface area contributed by atoms with Gasteiger partial charge in [0.25, 0.3) is 0 Å². The number of rotatable bonds is 4. The van der Waals surface area contributed by atoms with Gasteiger partial charge in [-0.2, -0.15) is 0 Å². The number of carbonyl (C=O) groups excluding carboxylic acids is 1. The van der Waals surface area contributed by atoms with E-state index in [1.807, 2.05) is 44.2 Å². The highest BCUT2D eigenvalue weighted by atomic mass is 16.4. The maximum atomic E-state index is 12.6. The second kappa shape index (κ2) is 7.73. The van der Waals surface area contributed by atoms with E-state index < -0.39 is 5.63 Å². The quantitative estimate of drug-likeness (QED) is 0.457. The maximum absolute atomic E-state index is 12.6. The van der Waals surface area contributed by atoms with Gasteiger partial charge in [-0.1, -0.05) is 50.6 Å². The van der Waals surface area contributed by atoms with Gasteiger partial charge in [0.05, 0.1) is 18.2 Å². The van der Waals surface area contributed by atoms with E-state index in [2.05, 4.69) is 26.1 Å². The highest BCUT2D eigenvalue weighted by Gasteiger charge is 2.22. The Balaban J connectivity index is 1.65. The molecule has 1 amide bonds. The summed E-state index contributed by atoms with van der Waals surface area (Å²) in [5.41, 5.74) is 5.00. The molecular weight excluding hydrogens is 390 g/mol. The van der Waals surface area contributed by atoms with Crippen molar-refractivity contribution in [2.75, 3.05) is 0 Å². The van der Waals surface area contributed by atoms with Crippen molar-refractivity contribution in [3.05, 3.63) is 80.9 Å². The molecule has 0 atom stereocenters. The summed E-state index contributed by atoms with van der Waals surface area (Å²) in [5, 5.41) is 4.70. The maximum Gasteiger partial charge on any atom is 0.340 e. The summed E-state index contributed by atoms with van der Waals surface area (Å²) in [6.45, 7) is 10.7. The second-order valence-electron chi connectivity index (χ2n) is 9.18. The van der Waals surface area contributed by atoms with Crippen molar-refractivity contribution in [3.8, 4) is 0 Å². The highest BCUT2D eigenvalue weighted by Crippen LogP contribution is 2.35. The molecule has 31 heavy (non-hydrogen) atoms. The molecule has 2 aromatic carbocycles. The summed E-state index contributed by atoms with van der Waals surface area (Å²) in [5.74, 6) is -0.213. The van der Waals surface area contributed by atoms with E-state index in [4.69, 9.17) is 8.83 Å². The fourth-order valence-corrected chi connectivity index (χ4v) is 3.82. The summed E-state index contributed by atoms with van der Waals surface area (Å²) in [6, 6.07) is 11.7. The fraction of sp³-hybridized carbons (Fsp3) is 0.308. The molecule has 0 fully saturated rings. The van der Waals surface area contributed by atoms with Gasteiger partial charge in [0.2, 0.25) is 5.91 Å². The Morgan fingerprint density at radius 2 is 1.71 bits per heavy atom. The zero-order chi connectivity index (χ0) is 22.3. The third-order valence-electron chi connectivity index (χ3n) is 5.74. The third kappa shape index (κ3) is 4.13. The molecule has 0 saturated heterocycles. The van der Waals surface area contributed by atoms with Crippen LogP contribution in [0, 0.1) is 13.8 Å². The first-order chi connectivity index (χ1) is 14.6. The van der Waals surface area contributed by atoms with E-state index in [-0.39, 0.29) is 17.7 Å². The Hall–Kier alpha value is -3.34. The van der Waals surface area contributed by atoms with Crippen LogP contribution in [-0.2, 0) is 23.2 Å². The molecule has 0 radical (unpaired) electrons. The average molecular weight is 418 g/mol. The zero-order valence-electron chi connectivity index (χ0n) is 18.6. The molecule has 1 N–H and O–H groups in total. The zero-order valence-corrected chi connectivity index (χ0v) is 18.6. The summed E-state index contributed by atoms with van der Waals surface area (Å²) in [6.07, 6.45) is 1.74. The summed E-state index contributed by atoms with van der Waals surface area (Å²) in [4.78, 5) is 25.2. The van der Waals surface area contributed by atoms with Crippen LogP contribution in [0.2, 0.25) is 0 Å². The van der Waals surface area contributed by atoms with Crippen molar-refractivity contribution in [3.63, 3.8) is 0 Å². The molecule has 0 spiro atoms. The van der Waals surface area contributed by atoms with Crippen molar-refractivity contribution < 1.29 is 13.6 Å². The Morgan fingerprint density at radius 1 is 1.00 bits per heavy atom. The predicted octanol–water partition coefficient (Wildman–Crippen LogP) is 5.31. The molecule has 5 nitrogen and oxygen atoms in total. The van der Waals surface area contributed by atoms with Gasteiger partial charge in [-0.05, 0) is 36.5 Å². The van der Waals surface area contributed by atoms with Crippen LogP contribution in [-0.4, -0.2) is 5.91 Å². The van der Waals surface area contributed by atoms with E-state index in [1.165, 1.54) is 5.56 Å². The van der Waals surface area contributed by atoms with Crippen molar-refractivity contribution in [2.24, 2.45) is 0 Å². The first kappa shape index (κ1) is 20.9. The lowest BCUT2D eigenvalue weighted by molar-refractivity contribution is -0.120. The lowest BCUT2D eigenvalue weighted by Gasteiger charge is -2.16. The molecule has 160 valence electrons. The monoisotopic (exact) mass is 417 g/mol. The van der Waals surface area contributed by atoms with Crippen LogP contribution >= 0.6 is 0 Å². The van der Waals surface area contributed by atoms with E-state index in [0.29, 0.717) is 23.3 Å². The summed E-state index contributed by atoms with van der Waals surface area (Å²) in [7, 11) is 0. The standard InChI is InChI=1S/C26H27NO4/c1-15-6-8-17(9-7-15)13-27-24(28)11-19-16(2)18-10-20-21(26(3,4)5)14-30-22(20)12-23(18)31-25(19)29/h6-10,12,14H,11,13H2,1-5H3,(H,27,28). The van der Waals surface area contributed by atoms with Crippen LogP contribution in [0.1, 0.15) is 48.6 Å². The number of hydrogen-bond donors (Lipinski definition) is 1. The van der Waals surface area contributed by atoms with Crippen LogP contribution in [0.5, 0.6) is 0 Å². The normalized spacial score (nSPS) is 11.9. The van der Waals surface area contributed by atoms with Gasteiger partial charge in [-0.15, -0.1) is 0 Å². The number of nitrogens with one attached hydrogen (secondary N) is 1. The molecule has 2 heterocycles. The van der Waals surface area contributed by atoms with Gasteiger partial charge < -0.3 is 14.2 Å². The largest absolute Gasteiger partial charge is 0.464 e. The number of benzene rings is 2. The number of carbonyl (C=O) groups is 1. The average Bonchev–Trinajstić information content (AvgIpc) is 3.13. The van der Waals surface area contributed by atoms with Crippen molar-refractivity contribution in [1.82, 2.24) is 5.32 Å². The van der Waals surface area contributed by atoms with E-state index in [0.717, 1.165) is 27.5 Å². The van der Waals surface area contributed by atoms with Crippen molar-refractivity contribution in [2.45, 2.75) is 53.0 Å². The molecule has 5 heteroatoms. The number of fused-ring (bicyclic) bond motifs is 2. The minimum absolute atomic E-state index is 0.0223. The third-order valence-corrected chi connectivity index (χ3v) is 5.74. The van der Waals surface area contributed by atoms with Gasteiger partial charge in [-0.3, -0.25) is 4.79 Å². The fourth-order valence-electron chi connectivity index (χ4n) is 3.82. The first-order valence-electron chi connectivity index (χ1n) is 10.4. The van der Waals surface area contributed by atoms with Gasteiger partial charge in [0, 0.05) is 28.9 Å². The molecule has 0 aliphatic heterocycles. The minimum Gasteiger partial charge on any atom is -0.464 e. The van der Waals surface area contributed by atoms with Crippen LogP contribution in [0.25, 0.3) is 21.9 Å². The Labute approximate surface area is 181 Å². The van der Waals surface area contributed by atoms with E-state index in [1.54, 1.807) is 12.3 Å². The lowest BCUT2D eigenvalue weighted by atomic mass is 9.86. The van der Waals surface area contributed by atoms with Crippen LogP contribution in [0.4, 0.5) is 0 Å². The van der Waals surface area contributed by atoms with Crippen LogP contribution in [0.15, 0.2) is 56.3 Å². The summed E-state index contributed by atoms with van der Waals surface area (Å²) < 4.78 is 11.3. The topological polar surface area (TPSA) is 72.5 Å². The molecular formula is C26H27NO4. The smallest absolute Gasteiger partial charge is 0.340 e. The minimum atomic E-state index is -0.488. The molecule has 0 aliphatic rings. The molecule has 0 unspecified atom stereocenters. The van der Waals surface area contributed by atoms with Crippen molar-refractivity contribution >= 4 is 27.8 Å². The van der Waals surface area contributed by atoms with Crippen LogP contribution < -0.4 is 10.9 Å². The number of hydrogen-bond acceptors (Lipinski definition) is 4. The first-order valence-corrected chi connectivity index (χ1v) is 10.4. The van der Waals surface area contributed by atoms with Gasteiger partial charge in [0.15, 0.2) is 0 Å². The van der Waals surface area contributed by atoms with Gasteiger partial charge in [0.1, 0.15) is 11.2 Å². The molecule has 2 aromatic heterocycles. The lowest BCUT2D eigenvalue weighted by Crippen LogP contribution is -2.27. The molecule has 0 aliphatic carbocycles. The number of aryl methyl sites for hydroxylation is 2. The van der Waals surface area contributed by atoms with Gasteiger partial charge >= 0.3 is 5.63 Å². The number of furan rings is 1. The highest BCUT2D eigenvalue weighted by molar-refractivity contribution is 5.97. The Bertz CT molecular complexity index is 1330. The Kier molecular flexibility index (Phi) is 5.21. The van der Waals surface area contributed by atoms with E-state index >= 15 is 0 Å². The van der Waals surface area contributed by atoms with Crippen LogP contribution in [0.3, 0.4) is 0 Å². The Morgan fingerprint density at radius 3 is 2.39 bits per heavy atom. The molecule has 4 aromatic rings. The van der Waals surface area contributed by atoms with E-state index in [9.17, 15) is 9.59 Å². The van der Waals surface area contributed by atoms with Crippen molar-refractivity contribution in [1.29, 1.82) is 0 Å². The van der Waals surface area contributed by atoms with Gasteiger partial charge in [-0.25, -0.2) is 4.79 Å². The molecule has 0 saturated carbocycles. The predicted molar refractivity (Wildman–Crippen MR) is 122 cm³/mol. The number of amides is 1.